The summed E-state index contributed by atoms with van der Waals surface area (Å²) >= 11 is 0. The van der Waals surface area contributed by atoms with Crippen LogP contribution in [0.1, 0.15) is 37.4 Å². The number of halogens is 1. The Bertz CT molecular complexity index is 1370. The van der Waals surface area contributed by atoms with Gasteiger partial charge in [0.25, 0.3) is 0 Å². The molecule has 0 saturated heterocycles. The minimum absolute atomic E-state index is 0.152. The number of rotatable bonds is 7. The first-order valence-electron chi connectivity index (χ1n) is 11.0. The van der Waals surface area contributed by atoms with E-state index in [9.17, 15) is 14.0 Å². The smallest absolute Gasteiger partial charge is 0.343 e. The van der Waals surface area contributed by atoms with Crippen LogP contribution in [0.5, 0.6) is 5.75 Å². The number of carbonyl (C=O) groups is 2. The molecule has 0 amide bonds. The predicted octanol–water partition coefficient (Wildman–Crippen LogP) is 7.00. The number of esters is 1. The third-order valence-electron chi connectivity index (χ3n) is 5.19. The molecule has 0 N–H and O–H groups in total. The molecule has 0 spiro atoms. The van der Waals surface area contributed by atoms with Gasteiger partial charge >= 0.3 is 5.97 Å². The Kier molecular flexibility index (Phi) is 7.38. The number of hydrogen-bond donors (Lipinski definition) is 0. The summed E-state index contributed by atoms with van der Waals surface area (Å²) in [6, 6.07) is 27.1. The Hall–Kier alpha value is -4.64. The van der Waals surface area contributed by atoms with Crippen LogP contribution < -0.4 is 4.74 Å². The van der Waals surface area contributed by atoms with Gasteiger partial charge in [0.2, 0.25) is 0 Å². The number of aryl methyl sites for hydroxylation is 1. The largest absolute Gasteiger partial charge is 0.423 e. The summed E-state index contributed by atoms with van der Waals surface area (Å²) < 4.78 is 18.4. The number of aliphatic imine (C=N–C) groups is 1. The minimum Gasteiger partial charge on any atom is -0.423 e. The molecule has 0 aromatic heterocycles. The van der Waals surface area contributed by atoms with E-state index in [0.717, 1.165) is 16.7 Å². The van der Waals surface area contributed by atoms with Gasteiger partial charge in [0.05, 0.1) is 11.3 Å². The second kappa shape index (κ2) is 11.0. The zero-order valence-electron chi connectivity index (χ0n) is 19.0. The fourth-order valence-electron chi connectivity index (χ4n) is 3.18. The SMILES string of the molecule is Cc1ccc(C(=O)Oc2ccc(C=Nc3ccc(C(=O)C=Cc4ccc(F)cc4)cc3)cc2)cc1. The third kappa shape index (κ3) is 6.68. The number of hydrogen-bond acceptors (Lipinski definition) is 4. The van der Waals surface area contributed by atoms with Gasteiger partial charge in [0, 0.05) is 11.8 Å². The topological polar surface area (TPSA) is 55.7 Å². The first-order chi connectivity index (χ1) is 17.0. The van der Waals surface area contributed by atoms with E-state index in [-0.39, 0.29) is 11.6 Å². The van der Waals surface area contributed by atoms with Gasteiger partial charge in [-0.3, -0.25) is 9.79 Å². The monoisotopic (exact) mass is 463 g/mol. The highest BCUT2D eigenvalue weighted by atomic mass is 19.1. The van der Waals surface area contributed by atoms with Gasteiger partial charge in [0.1, 0.15) is 11.6 Å². The highest BCUT2D eigenvalue weighted by molar-refractivity contribution is 6.07. The lowest BCUT2D eigenvalue weighted by molar-refractivity contribution is 0.0734. The molecule has 0 aliphatic rings. The Morgan fingerprint density at radius 1 is 0.743 bits per heavy atom. The van der Waals surface area contributed by atoms with Gasteiger partial charge in [0.15, 0.2) is 5.78 Å². The average molecular weight is 464 g/mol. The first kappa shape index (κ1) is 23.5. The van der Waals surface area contributed by atoms with Crippen molar-refractivity contribution in [2.24, 2.45) is 4.99 Å². The van der Waals surface area contributed by atoms with Crippen molar-refractivity contribution in [2.75, 3.05) is 0 Å². The lowest BCUT2D eigenvalue weighted by atomic mass is 10.1. The van der Waals surface area contributed by atoms with Crippen molar-refractivity contribution in [3.05, 3.63) is 137 Å². The van der Waals surface area contributed by atoms with Crippen molar-refractivity contribution < 1.29 is 18.7 Å². The van der Waals surface area contributed by atoms with E-state index in [1.165, 1.54) is 18.2 Å². The molecule has 35 heavy (non-hydrogen) atoms. The molecule has 0 fully saturated rings. The molecule has 0 unspecified atom stereocenters. The number of carbonyl (C=O) groups excluding carboxylic acids is 2. The molecule has 4 nitrogen and oxygen atoms in total. The van der Waals surface area contributed by atoms with Gasteiger partial charge in [-0.1, -0.05) is 35.9 Å². The summed E-state index contributed by atoms with van der Waals surface area (Å²) in [6.45, 7) is 1.96. The summed E-state index contributed by atoms with van der Waals surface area (Å²) in [5.74, 6) is -0.430. The van der Waals surface area contributed by atoms with E-state index >= 15 is 0 Å². The van der Waals surface area contributed by atoms with Crippen LogP contribution in [0.25, 0.3) is 6.08 Å². The van der Waals surface area contributed by atoms with Crippen LogP contribution in [0.2, 0.25) is 0 Å². The number of allylic oxidation sites excluding steroid dienone is 1. The molecule has 0 radical (unpaired) electrons. The molecular weight excluding hydrogens is 441 g/mol. The van der Waals surface area contributed by atoms with Crippen LogP contribution in [-0.2, 0) is 0 Å². The quantitative estimate of drug-likeness (QED) is 0.0975. The van der Waals surface area contributed by atoms with Crippen LogP contribution in [0.3, 0.4) is 0 Å². The van der Waals surface area contributed by atoms with Crippen molar-refractivity contribution in [1.29, 1.82) is 0 Å². The van der Waals surface area contributed by atoms with Crippen molar-refractivity contribution in [3.63, 3.8) is 0 Å². The molecule has 5 heteroatoms. The van der Waals surface area contributed by atoms with Gasteiger partial charge in [-0.15, -0.1) is 0 Å². The molecule has 4 aromatic rings. The molecule has 0 bridgehead atoms. The standard InChI is InChI=1S/C30H22FNO3/c1-21-2-9-25(10-3-21)30(34)35-28-17-6-23(7-18-28)20-32-27-15-11-24(12-16-27)29(33)19-8-22-4-13-26(31)14-5-22/h2-20H,1H3. The fourth-order valence-corrected chi connectivity index (χ4v) is 3.18. The molecule has 0 atom stereocenters. The molecule has 0 saturated carbocycles. The van der Waals surface area contributed by atoms with Crippen LogP contribution in [0.4, 0.5) is 10.1 Å². The number of ether oxygens (including phenoxy) is 1. The Morgan fingerprint density at radius 2 is 1.34 bits per heavy atom. The fraction of sp³-hybridized carbons (Fsp3) is 0.0333. The summed E-state index contributed by atoms with van der Waals surface area (Å²) in [5.41, 5.74) is 4.37. The van der Waals surface area contributed by atoms with Crippen LogP contribution in [-0.4, -0.2) is 18.0 Å². The van der Waals surface area contributed by atoms with Crippen molar-refractivity contribution in [1.82, 2.24) is 0 Å². The van der Waals surface area contributed by atoms with E-state index < -0.39 is 5.97 Å². The molecule has 4 rings (SSSR count). The Morgan fingerprint density at radius 3 is 2.00 bits per heavy atom. The van der Waals surface area contributed by atoms with Gasteiger partial charge in [-0.25, -0.2) is 9.18 Å². The molecular formula is C30H22FNO3. The summed E-state index contributed by atoms with van der Waals surface area (Å²) in [6.07, 6.45) is 4.80. The van der Waals surface area contributed by atoms with E-state index in [4.69, 9.17) is 4.74 Å². The predicted molar refractivity (Wildman–Crippen MR) is 136 cm³/mol. The van der Waals surface area contributed by atoms with E-state index in [2.05, 4.69) is 4.99 Å². The second-order valence-corrected chi connectivity index (χ2v) is 7.88. The maximum Gasteiger partial charge on any atom is 0.343 e. The van der Waals surface area contributed by atoms with Crippen molar-refractivity contribution in [2.45, 2.75) is 6.92 Å². The maximum atomic E-state index is 13.0. The molecule has 4 aromatic carbocycles. The first-order valence-corrected chi connectivity index (χ1v) is 11.0. The number of benzene rings is 4. The van der Waals surface area contributed by atoms with Crippen LogP contribution in [0.15, 0.2) is 108 Å². The third-order valence-corrected chi connectivity index (χ3v) is 5.19. The lowest BCUT2D eigenvalue weighted by Crippen LogP contribution is -2.08. The summed E-state index contributed by atoms with van der Waals surface area (Å²) in [5, 5.41) is 0. The molecule has 0 aliphatic carbocycles. The second-order valence-electron chi connectivity index (χ2n) is 7.88. The molecule has 172 valence electrons. The van der Waals surface area contributed by atoms with E-state index in [0.29, 0.717) is 22.6 Å². The normalized spacial score (nSPS) is 11.1. The van der Waals surface area contributed by atoms with Crippen molar-refractivity contribution in [3.8, 4) is 5.75 Å². The summed E-state index contributed by atoms with van der Waals surface area (Å²) in [4.78, 5) is 29.0. The average Bonchev–Trinajstić information content (AvgIpc) is 2.88. The number of ketones is 1. The van der Waals surface area contributed by atoms with Gasteiger partial charge in [-0.2, -0.15) is 0 Å². The zero-order valence-corrected chi connectivity index (χ0v) is 19.0. The maximum absolute atomic E-state index is 13.0. The van der Waals surface area contributed by atoms with E-state index in [1.54, 1.807) is 85.1 Å². The van der Waals surface area contributed by atoms with E-state index in [1.807, 2.05) is 19.1 Å². The Balaban J connectivity index is 1.33. The summed E-state index contributed by atoms with van der Waals surface area (Å²) in [7, 11) is 0. The number of nitrogens with zero attached hydrogens (tertiary/aromatic N) is 1. The highest BCUT2D eigenvalue weighted by Crippen LogP contribution is 2.17. The highest BCUT2D eigenvalue weighted by Gasteiger charge is 2.08. The van der Waals surface area contributed by atoms with Crippen LogP contribution >= 0.6 is 0 Å². The van der Waals surface area contributed by atoms with Crippen LogP contribution in [0, 0.1) is 12.7 Å². The van der Waals surface area contributed by atoms with Gasteiger partial charge < -0.3 is 4.74 Å². The van der Waals surface area contributed by atoms with Gasteiger partial charge in [-0.05, 0) is 96.9 Å². The molecule has 0 heterocycles. The van der Waals surface area contributed by atoms with Crippen molar-refractivity contribution >= 4 is 29.7 Å². The lowest BCUT2D eigenvalue weighted by Gasteiger charge is -2.05. The Labute approximate surface area is 203 Å². The zero-order chi connectivity index (χ0) is 24.6. The minimum atomic E-state index is -0.409. The molecule has 0 aliphatic heterocycles.